The van der Waals surface area contributed by atoms with Gasteiger partial charge in [0.05, 0.1) is 22.9 Å². The van der Waals surface area contributed by atoms with Crippen molar-refractivity contribution in [3.8, 4) is 0 Å². The van der Waals surface area contributed by atoms with Crippen LogP contribution in [0.5, 0.6) is 0 Å². The van der Waals surface area contributed by atoms with Gasteiger partial charge in [-0.15, -0.1) is 0 Å². The van der Waals surface area contributed by atoms with E-state index < -0.39 is 16.4 Å². The molecule has 0 unspecified atom stereocenters. The van der Waals surface area contributed by atoms with E-state index in [-0.39, 0.29) is 16.7 Å². The van der Waals surface area contributed by atoms with Gasteiger partial charge in [0.15, 0.2) is 9.84 Å². The summed E-state index contributed by atoms with van der Waals surface area (Å²) in [7, 11) is -3.46. The number of benzene rings is 1. The molecule has 5 heteroatoms. The Labute approximate surface area is 96.2 Å². The zero-order chi connectivity index (χ0) is 12.2. The van der Waals surface area contributed by atoms with E-state index in [0.29, 0.717) is 5.69 Å². The number of rotatable bonds is 5. The molecule has 16 heavy (non-hydrogen) atoms. The average molecular weight is 242 g/mol. The quantitative estimate of drug-likeness (QED) is 0.854. The molecule has 0 bridgehead atoms. The van der Waals surface area contributed by atoms with Crippen LogP contribution in [-0.4, -0.2) is 26.8 Å². The van der Waals surface area contributed by atoms with Crippen molar-refractivity contribution in [2.45, 2.75) is 24.8 Å². The number of nitrogens with one attached hydrogen (secondary N) is 1. The molecule has 1 radical (unpaired) electrons. The van der Waals surface area contributed by atoms with E-state index in [1.54, 1.807) is 18.2 Å². The number of sulfone groups is 1. The smallest absolute Gasteiger partial charge is 0.182 e. The highest BCUT2D eigenvalue weighted by molar-refractivity contribution is 7.91. The molecule has 0 aliphatic rings. The fraction of sp³-hybridized carbons (Fsp3) is 0.455. The molecule has 0 saturated heterocycles. The highest BCUT2D eigenvalue weighted by Crippen LogP contribution is 2.22. The Bertz CT molecular complexity index is 440. The summed E-state index contributed by atoms with van der Waals surface area (Å²) < 4.78 is 23.6. The lowest BCUT2D eigenvalue weighted by Crippen LogP contribution is -2.16. The summed E-state index contributed by atoms with van der Waals surface area (Å²) in [5, 5.41) is 13.5. The first-order chi connectivity index (χ1) is 7.47. The largest absolute Gasteiger partial charge is 0.382 e. The van der Waals surface area contributed by atoms with Crippen molar-refractivity contribution in [1.29, 1.82) is 0 Å². The van der Waals surface area contributed by atoms with Gasteiger partial charge in [0.1, 0.15) is 0 Å². The van der Waals surface area contributed by atoms with Crippen LogP contribution in [-0.2, 0) is 14.9 Å². The van der Waals surface area contributed by atoms with Crippen LogP contribution in [0, 0.1) is 0 Å². The fourth-order valence-electron chi connectivity index (χ4n) is 1.39. The van der Waals surface area contributed by atoms with Gasteiger partial charge in [-0.25, -0.2) is 13.5 Å². The molecule has 1 N–H and O–H groups in total. The topological polar surface area (TPSA) is 66.1 Å². The van der Waals surface area contributed by atoms with Crippen molar-refractivity contribution in [2.75, 3.05) is 17.7 Å². The molecule has 0 spiro atoms. The van der Waals surface area contributed by atoms with Crippen LogP contribution in [0.1, 0.15) is 13.8 Å². The first-order valence-electron chi connectivity index (χ1n) is 5.14. The highest BCUT2D eigenvalue weighted by atomic mass is 32.2. The molecule has 1 rings (SSSR count). The summed E-state index contributed by atoms with van der Waals surface area (Å²) in [5.74, 6) is -0.357. The molecule has 0 saturated carbocycles. The van der Waals surface area contributed by atoms with Crippen LogP contribution in [0.3, 0.4) is 0 Å². The van der Waals surface area contributed by atoms with Crippen LogP contribution in [0.4, 0.5) is 5.69 Å². The lowest BCUT2D eigenvalue weighted by atomic mass is 10.3. The molecule has 4 nitrogen and oxygen atoms in total. The minimum absolute atomic E-state index is 0.142. The van der Waals surface area contributed by atoms with Gasteiger partial charge in [-0.3, -0.25) is 0 Å². The van der Waals surface area contributed by atoms with Crippen LogP contribution < -0.4 is 5.32 Å². The van der Waals surface area contributed by atoms with E-state index in [2.05, 4.69) is 5.32 Å². The summed E-state index contributed by atoms with van der Waals surface area (Å²) in [4.78, 5) is 0.208. The Hall–Kier alpha value is -1.07. The van der Waals surface area contributed by atoms with Gasteiger partial charge in [0, 0.05) is 6.04 Å². The Morgan fingerprint density at radius 1 is 1.25 bits per heavy atom. The molecule has 0 aliphatic carbocycles. The number of para-hydroxylation sites is 1. The van der Waals surface area contributed by atoms with E-state index >= 15 is 0 Å². The maximum Gasteiger partial charge on any atom is 0.182 e. The van der Waals surface area contributed by atoms with Crippen molar-refractivity contribution in [3.05, 3.63) is 24.3 Å². The van der Waals surface area contributed by atoms with Crippen LogP contribution >= 0.6 is 0 Å². The van der Waals surface area contributed by atoms with Crippen molar-refractivity contribution < 1.29 is 13.5 Å². The van der Waals surface area contributed by atoms with Crippen LogP contribution in [0.15, 0.2) is 29.2 Å². The van der Waals surface area contributed by atoms with E-state index in [1.807, 2.05) is 13.8 Å². The Morgan fingerprint density at radius 2 is 1.88 bits per heavy atom. The van der Waals surface area contributed by atoms with E-state index in [1.165, 1.54) is 6.07 Å². The molecule has 0 aromatic heterocycles. The molecule has 89 valence electrons. The molecule has 1 aromatic rings. The molecule has 0 amide bonds. The van der Waals surface area contributed by atoms with Gasteiger partial charge < -0.3 is 5.32 Å². The Morgan fingerprint density at radius 3 is 2.44 bits per heavy atom. The van der Waals surface area contributed by atoms with Crippen LogP contribution in [0.25, 0.3) is 0 Å². The number of hydrogen-bond donors (Lipinski definition) is 1. The number of hydrogen-bond acceptors (Lipinski definition) is 3. The maximum absolute atomic E-state index is 11.8. The summed E-state index contributed by atoms with van der Waals surface area (Å²) in [6.45, 7) is 3.24. The highest BCUT2D eigenvalue weighted by Gasteiger charge is 2.18. The van der Waals surface area contributed by atoms with Crippen molar-refractivity contribution >= 4 is 15.5 Å². The van der Waals surface area contributed by atoms with E-state index in [0.717, 1.165) is 0 Å². The fourth-order valence-corrected chi connectivity index (χ4v) is 2.58. The molecule has 1 aromatic carbocycles. The minimum Gasteiger partial charge on any atom is -0.382 e. The number of anilines is 1. The van der Waals surface area contributed by atoms with Gasteiger partial charge in [-0.2, -0.15) is 0 Å². The van der Waals surface area contributed by atoms with E-state index in [9.17, 15) is 13.5 Å². The first-order valence-corrected chi connectivity index (χ1v) is 6.79. The zero-order valence-corrected chi connectivity index (χ0v) is 10.3. The van der Waals surface area contributed by atoms with Crippen molar-refractivity contribution in [2.24, 2.45) is 0 Å². The summed E-state index contributed by atoms with van der Waals surface area (Å²) in [6.07, 6.45) is 0. The minimum atomic E-state index is -3.46. The summed E-state index contributed by atoms with van der Waals surface area (Å²) >= 11 is 0. The van der Waals surface area contributed by atoms with Gasteiger partial charge >= 0.3 is 0 Å². The third-order valence-electron chi connectivity index (χ3n) is 2.02. The summed E-state index contributed by atoms with van der Waals surface area (Å²) in [5.41, 5.74) is 0.561. The second kappa shape index (κ2) is 5.32. The third-order valence-corrected chi connectivity index (χ3v) is 3.75. The van der Waals surface area contributed by atoms with Gasteiger partial charge in [-0.1, -0.05) is 12.1 Å². The Balaban J connectivity index is 3.13. The predicted molar refractivity (Wildman–Crippen MR) is 62.8 cm³/mol. The second-order valence-electron chi connectivity index (χ2n) is 3.82. The third kappa shape index (κ3) is 3.21. The van der Waals surface area contributed by atoms with Crippen molar-refractivity contribution in [3.63, 3.8) is 0 Å². The molecule has 0 atom stereocenters. The van der Waals surface area contributed by atoms with Gasteiger partial charge in [0.25, 0.3) is 0 Å². The first kappa shape index (κ1) is 13.0. The van der Waals surface area contributed by atoms with Gasteiger partial charge in [0.2, 0.25) is 0 Å². The molecular weight excluding hydrogens is 226 g/mol. The maximum atomic E-state index is 11.8. The normalized spacial score (nSPS) is 11.8. The predicted octanol–water partition coefficient (Wildman–Crippen LogP) is 1.71. The zero-order valence-electron chi connectivity index (χ0n) is 9.43. The molecule has 0 aliphatic heterocycles. The Kier molecular flexibility index (Phi) is 4.32. The van der Waals surface area contributed by atoms with E-state index in [4.69, 9.17) is 0 Å². The standard InChI is InChI=1S/C11H16NO3S/c1-9(2)12-10-5-3-4-6-11(10)16(14,15)8-7-13/h3-6,9,12H,7-8H2,1-2H3. The molecule has 0 heterocycles. The lowest BCUT2D eigenvalue weighted by Gasteiger charge is -2.14. The second-order valence-corrected chi connectivity index (χ2v) is 5.90. The monoisotopic (exact) mass is 242 g/mol. The lowest BCUT2D eigenvalue weighted by molar-refractivity contribution is 0.213. The summed E-state index contributed by atoms with van der Waals surface area (Å²) in [6, 6.07) is 6.79. The van der Waals surface area contributed by atoms with Crippen LogP contribution in [0.2, 0.25) is 0 Å². The SMILES string of the molecule is CC(C)Nc1ccccc1S(=O)(=O)CC[O]. The van der Waals surface area contributed by atoms with Crippen molar-refractivity contribution in [1.82, 2.24) is 0 Å². The average Bonchev–Trinajstić information content (AvgIpc) is 2.17. The molecular formula is C11H16NO3S. The van der Waals surface area contributed by atoms with Gasteiger partial charge in [-0.05, 0) is 26.0 Å². The molecule has 0 fully saturated rings.